The Morgan fingerprint density at radius 3 is 2.26 bits per heavy atom. The number of nitrogens with one attached hydrogen (secondary N) is 1. The summed E-state index contributed by atoms with van der Waals surface area (Å²) in [6.45, 7) is 9.71. The summed E-state index contributed by atoms with van der Waals surface area (Å²) in [5.74, 6) is 1.30. The number of anilines is 2. The van der Waals surface area contributed by atoms with Gasteiger partial charge in [0, 0.05) is 12.1 Å². The number of benzene rings is 1. The largest absolute Gasteiger partial charge is 0.397 e. The summed E-state index contributed by atoms with van der Waals surface area (Å²) < 4.78 is 0. The van der Waals surface area contributed by atoms with Crippen LogP contribution in [0.3, 0.4) is 0 Å². The molecule has 1 amide bonds. The summed E-state index contributed by atoms with van der Waals surface area (Å²) in [7, 11) is 0. The maximum absolute atomic E-state index is 11.2. The van der Waals surface area contributed by atoms with Crippen LogP contribution < -0.4 is 16.8 Å². The third-order valence-corrected chi connectivity index (χ3v) is 3.58. The van der Waals surface area contributed by atoms with Crippen molar-refractivity contribution in [3.63, 3.8) is 0 Å². The van der Waals surface area contributed by atoms with Crippen LogP contribution in [0.25, 0.3) is 0 Å². The molecule has 0 saturated heterocycles. The Labute approximate surface area is 115 Å². The van der Waals surface area contributed by atoms with Gasteiger partial charge in [-0.25, -0.2) is 0 Å². The molecule has 0 aliphatic heterocycles. The van der Waals surface area contributed by atoms with Crippen LogP contribution in [-0.2, 0) is 0 Å². The fourth-order valence-corrected chi connectivity index (χ4v) is 2.33. The second kappa shape index (κ2) is 6.45. The van der Waals surface area contributed by atoms with Gasteiger partial charge in [0.25, 0.3) is 0 Å². The van der Waals surface area contributed by atoms with E-state index in [0.29, 0.717) is 29.0 Å². The number of rotatable bonds is 6. The van der Waals surface area contributed by atoms with Crippen molar-refractivity contribution in [2.45, 2.75) is 27.7 Å². The molecule has 0 bridgehead atoms. The van der Waals surface area contributed by atoms with E-state index in [9.17, 15) is 4.79 Å². The monoisotopic (exact) mass is 263 g/mol. The first-order chi connectivity index (χ1) is 8.82. The van der Waals surface area contributed by atoms with Crippen LogP contribution >= 0.6 is 0 Å². The standard InChI is InChI=1S/C15H25N3O/c1-9(2)12(10(3)4)8-18-14-7-11(15(17)19)5-6-13(14)16/h5-7,9-10,12,18H,8,16H2,1-4H3,(H2,17,19). The average Bonchev–Trinajstić information content (AvgIpc) is 2.30. The van der Waals surface area contributed by atoms with Gasteiger partial charge in [-0.05, 0) is 36.0 Å². The van der Waals surface area contributed by atoms with Crippen LogP contribution in [-0.4, -0.2) is 12.5 Å². The van der Waals surface area contributed by atoms with E-state index in [1.165, 1.54) is 0 Å². The quantitative estimate of drug-likeness (QED) is 0.690. The number of nitrogens with two attached hydrogens (primary N) is 2. The maximum Gasteiger partial charge on any atom is 0.248 e. The van der Waals surface area contributed by atoms with Crippen LogP contribution in [0, 0.1) is 17.8 Å². The van der Waals surface area contributed by atoms with Crippen LogP contribution in [0.4, 0.5) is 11.4 Å². The molecule has 4 nitrogen and oxygen atoms in total. The molecule has 4 heteroatoms. The summed E-state index contributed by atoms with van der Waals surface area (Å²) in [6.07, 6.45) is 0. The normalized spacial score (nSPS) is 11.3. The molecule has 0 saturated carbocycles. The number of carbonyl (C=O) groups excluding carboxylic acids is 1. The van der Waals surface area contributed by atoms with Crippen molar-refractivity contribution in [2.24, 2.45) is 23.5 Å². The Hall–Kier alpha value is -1.71. The van der Waals surface area contributed by atoms with E-state index in [1.807, 2.05) is 0 Å². The molecular weight excluding hydrogens is 238 g/mol. The predicted molar refractivity (Wildman–Crippen MR) is 81.0 cm³/mol. The molecule has 0 atom stereocenters. The molecule has 1 rings (SSSR count). The second-order valence-electron chi connectivity index (χ2n) is 5.70. The lowest BCUT2D eigenvalue weighted by Crippen LogP contribution is -2.25. The third kappa shape index (κ3) is 4.16. The fourth-order valence-electron chi connectivity index (χ4n) is 2.33. The Bertz CT molecular complexity index is 433. The number of primary amides is 1. The first kappa shape index (κ1) is 15.3. The summed E-state index contributed by atoms with van der Waals surface area (Å²) in [5.41, 5.74) is 13.1. The van der Waals surface area contributed by atoms with Gasteiger partial charge in [-0.3, -0.25) is 4.79 Å². The molecule has 0 spiro atoms. The molecule has 0 fully saturated rings. The maximum atomic E-state index is 11.2. The van der Waals surface area contributed by atoms with E-state index in [1.54, 1.807) is 18.2 Å². The first-order valence-electron chi connectivity index (χ1n) is 6.76. The van der Waals surface area contributed by atoms with Crippen molar-refractivity contribution >= 4 is 17.3 Å². The van der Waals surface area contributed by atoms with Crippen molar-refractivity contribution in [1.29, 1.82) is 0 Å². The van der Waals surface area contributed by atoms with Gasteiger partial charge < -0.3 is 16.8 Å². The molecule has 0 unspecified atom stereocenters. The van der Waals surface area contributed by atoms with Crippen molar-refractivity contribution in [1.82, 2.24) is 0 Å². The molecule has 106 valence electrons. The average molecular weight is 263 g/mol. The summed E-state index contributed by atoms with van der Waals surface area (Å²) in [6, 6.07) is 5.07. The van der Waals surface area contributed by atoms with Crippen molar-refractivity contribution in [3.8, 4) is 0 Å². The Kier molecular flexibility index (Phi) is 5.21. The van der Waals surface area contributed by atoms with Gasteiger partial charge in [0.1, 0.15) is 0 Å². The lowest BCUT2D eigenvalue weighted by molar-refractivity contribution is 0.100. The molecule has 19 heavy (non-hydrogen) atoms. The van der Waals surface area contributed by atoms with Crippen LogP contribution in [0.1, 0.15) is 38.1 Å². The molecule has 0 radical (unpaired) electrons. The highest BCUT2D eigenvalue weighted by molar-refractivity contribution is 5.94. The Morgan fingerprint density at radius 2 is 1.79 bits per heavy atom. The van der Waals surface area contributed by atoms with Gasteiger partial charge in [-0.1, -0.05) is 27.7 Å². The second-order valence-corrected chi connectivity index (χ2v) is 5.70. The van der Waals surface area contributed by atoms with Gasteiger partial charge in [0.05, 0.1) is 11.4 Å². The molecule has 0 heterocycles. The van der Waals surface area contributed by atoms with Gasteiger partial charge >= 0.3 is 0 Å². The molecule has 5 N–H and O–H groups in total. The highest BCUT2D eigenvalue weighted by Gasteiger charge is 2.17. The highest BCUT2D eigenvalue weighted by atomic mass is 16.1. The van der Waals surface area contributed by atoms with Crippen LogP contribution in [0.15, 0.2) is 18.2 Å². The number of hydrogen-bond donors (Lipinski definition) is 3. The van der Waals surface area contributed by atoms with E-state index in [4.69, 9.17) is 11.5 Å². The first-order valence-corrected chi connectivity index (χ1v) is 6.76. The van der Waals surface area contributed by atoms with E-state index in [-0.39, 0.29) is 0 Å². The number of carbonyl (C=O) groups is 1. The third-order valence-electron chi connectivity index (χ3n) is 3.58. The van der Waals surface area contributed by atoms with Crippen molar-refractivity contribution in [2.75, 3.05) is 17.6 Å². The molecule has 0 aromatic heterocycles. The molecular formula is C15H25N3O. The SMILES string of the molecule is CC(C)C(CNc1cc(C(N)=O)ccc1N)C(C)C. The fraction of sp³-hybridized carbons (Fsp3) is 0.533. The van der Waals surface area contributed by atoms with Crippen LogP contribution in [0.5, 0.6) is 0 Å². The van der Waals surface area contributed by atoms with E-state index >= 15 is 0 Å². The summed E-state index contributed by atoms with van der Waals surface area (Å²) in [4.78, 5) is 11.2. The molecule has 1 aromatic carbocycles. The smallest absolute Gasteiger partial charge is 0.248 e. The summed E-state index contributed by atoms with van der Waals surface area (Å²) >= 11 is 0. The molecule has 1 aromatic rings. The zero-order chi connectivity index (χ0) is 14.6. The van der Waals surface area contributed by atoms with E-state index in [0.717, 1.165) is 12.2 Å². The predicted octanol–water partition coefficient (Wildman–Crippen LogP) is 2.71. The van der Waals surface area contributed by atoms with Crippen molar-refractivity contribution < 1.29 is 4.79 Å². The number of hydrogen-bond acceptors (Lipinski definition) is 3. The van der Waals surface area contributed by atoms with Crippen molar-refractivity contribution in [3.05, 3.63) is 23.8 Å². The van der Waals surface area contributed by atoms with E-state index in [2.05, 4.69) is 33.0 Å². The summed E-state index contributed by atoms with van der Waals surface area (Å²) in [5, 5.41) is 3.34. The Balaban J connectivity index is 2.81. The van der Waals surface area contributed by atoms with Crippen LogP contribution in [0.2, 0.25) is 0 Å². The minimum Gasteiger partial charge on any atom is -0.397 e. The highest BCUT2D eigenvalue weighted by Crippen LogP contribution is 2.24. The van der Waals surface area contributed by atoms with Gasteiger partial charge in [0.15, 0.2) is 0 Å². The lowest BCUT2D eigenvalue weighted by Gasteiger charge is -2.26. The number of amides is 1. The minimum absolute atomic E-state index is 0.438. The zero-order valence-electron chi connectivity index (χ0n) is 12.2. The lowest BCUT2D eigenvalue weighted by atomic mass is 9.85. The van der Waals surface area contributed by atoms with Gasteiger partial charge in [0.2, 0.25) is 5.91 Å². The number of nitrogen functional groups attached to an aromatic ring is 1. The van der Waals surface area contributed by atoms with Gasteiger partial charge in [-0.2, -0.15) is 0 Å². The van der Waals surface area contributed by atoms with E-state index < -0.39 is 5.91 Å². The molecule has 0 aliphatic carbocycles. The van der Waals surface area contributed by atoms with Gasteiger partial charge in [-0.15, -0.1) is 0 Å². The zero-order valence-corrected chi connectivity index (χ0v) is 12.2. The molecule has 0 aliphatic rings. The topological polar surface area (TPSA) is 81.1 Å². The minimum atomic E-state index is -0.438. The Morgan fingerprint density at radius 1 is 1.21 bits per heavy atom.